The van der Waals surface area contributed by atoms with Crippen LogP contribution in [0.25, 0.3) is 0 Å². The fourth-order valence-corrected chi connectivity index (χ4v) is 1.65. The van der Waals surface area contributed by atoms with Gasteiger partial charge in [-0.25, -0.2) is 4.79 Å². The zero-order valence-electron chi connectivity index (χ0n) is 7.95. The lowest BCUT2D eigenvalue weighted by molar-refractivity contribution is 0.107. The molecule has 0 atom stereocenters. The highest BCUT2D eigenvalue weighted by Crippen LogP contribution is 2.23. The van der Waals surface area contributed by atoms with E-state index in [9.17, 15) is 9.90 Å². The van der Waals surface area contributed by atoms with E-state index in [1.165, 1.54) is 7.11 Å². The van der Waals surface area contributed by atoms with Gasteiger partial charge < -0.3 is 15.2 Å². The number of aliphatic hydroxyl groups is 1. The third kappa shape index (κ3) is 3.63. The Kier molecular flexibility index (Phi) is 4.02. The normalized spacial score (nSPS) is 28.2. The van der Waals surface area contributed by atoms with Crippen LogP contribution in [0.2, 0.25) is 0 Å². The average molecular weight is 187 g/mol. The number of nitrogens with one attached hydrogen (secondary N) is 1. The monoisotopic (exact) mass is 187 g/mol. The lowest BCUT2D eigenvalue weighted by Gasteiger charge is -2.25. The SMILES string of the molecule is COC(=O)NCC1CCC(O)CC1. The highest BCUT2D eigenvalue weighted by atomic mass is 16.5. The van der Waals surface area contributed by atoms with Gasteiger partial charge in [-0.05, 0) is 31.6 Å². The van der Waals surface area contributed by atoms with Crippen molar-refractivity contribution < 1.29 is 14.6 Å². The van der Waals surface area contributed by atoms with Gasteiger partial charge in [0.25, 0.3) is 0 Å². The van der Waals surface area contributed by atoms with Crippen molar-refractivity contribution in [3.63, 3.8) is 0 Å². The molecule has 0 unspecified atom stereocenters. The fourth-order valence-electron chi connectivity index (χ4n) is 1.65. The molecule has 0 bridgehead atoms. The molecule has 76 valence electrons. The molecule has 1 rings (SSSR count). The zero-order chi connectivity index (χ0) is 9.68. The Labute approximate surface area is 78.3 Å². The fraction of sp³-hybridized carbons (Fsp3) is 0.889. The van der Waals surface area contributed by atoms with Gasteiger partial charge in [-0.15, -0.1) is 0 Å². The first-order chi connectivity index (χ1) is 6.22. The van der Waals surface area contributed by atoms with Gasteiger partial charge in [-0.1, -0.05) is 0 Å². The average Bonchev–Trinajstić information content (AvgIpc) is 2.16. The first-order valence-electron chi connectivity index (χ1n) is 4.72. The quantitative estimate of drug-likeness (QED) is 0.675. The molecule has 4 heteroatoms. The second kappa shape index (κ2) is 5.07. The number of carbonyl (C=O) groups is 1. The third-order valence-corrected chi connectivity index (χ3v) is 2.54. The van der Waals surface area contributed by atoms with E-state index in [4.69, 9.17) is 0 Å². The van der Waals surface area contributed by atoms with Crippen molar-refractivity contribution >= 4 is 6.09 Å². The number of rotatable bonds is 2. The number of carbonyl (C=O) groups excluding carboxylic acids is 1. The minimum absolute atomic E-state index is 0.130. The number of alkyl carbamates (subject to hydrolysis) is 1. The molecule has 4 nitrogen and oxygen atoms in total. The molecule has 0 aliphatic heterocycles. The number of hydrogen-bond donors (Lipinski definition) is 2. The second-order valence-electron chi connectivity index (χ2n) is 3.55. The highest BCUT2D eigenvalue weighted by Gasteiger charge is 2.19. The molecule has 2 N–H and O–H groups in total. The van der Waals surface area contributed by atoms with E-state index in [1.807, 2.05) is 0 Å². The smallest absolute Gasteiger partial charge is 0.406 e. The molecule has 1 aliphatic rings. The topological polar surface area (TPSA) is 58.6 Å². The van der Waals surface area contributed by atoms with Crippen molar-refractivity contribution in [1.29, 1.82) is 0 Å². The van der Waals surface area contributed by atoms with Crippen LogP contribution in [0.3, 0.4) is 0 Å². The minimum atomic E-state index is -0.369. The maximum atomic E-state index is 10.7. The standard InChI is InChI=1S/C9H17NO3/c1-13-9(12)10-6-7-2-4-8(11)5-3-7/h7-8,11H,2-6H2,1H3,(H,10,12). The first kappa shape index (κ1) is 10.3. The molecule has 1 amide bonds. The zero-order valence-corrected chi connectivity index (χ0v) is 7.95. The molecule has 1 fully saturated rings. The Bertz CT molecular complexity index is 164. The predicted octanol–water partition coefficient (Wildman–Crippen LogP) is 0.893. The van der Waals surface area contributed by atoms with Crippen LogP contribution in [0.5, 0.6) is 0 Å². The summed E-state index contributed by atoms with van der Waals surface area (Å²) in [5, 5.41) is 11.9. The molecule has 13 heavy (non-hydrogen) atoms. The van der Waals surface area contributed by atoms with Crippen LogP contribution >= 0.6 is 0 Å². The maximum absolute atomic E-state index is 10.7. The van der Waals surface area contributed by atoms with Gasteiger partial charge in [0.05, 0.1) is 13.2 Å². The summed E-state index contributed by atoms with van der Waals surface area (Å²) in [6.07, 6.45) is 3.19. The van der Waals surface area contributed by atoms with Gasteiger partial charge in [0.2, 0.25) is 0 Å². The summed E-state index contributed by atoms with van der Waals surface area (Å²) in [5.74, 6) is 0.502. The van der Waals surface area contributed by atoms with Crippen LogP contribution < -0.4 is 5.32 Å². The van der Waals surface area contributed by atoms with E-state index < -0.39 is 0 Å². The van der Waals surface area contributed by atoms with Crippen LogP contribution in [0.4, 0.5) is 4.79 Å². The van der Waals surface area contributed by atoms with Crippen LogP contribution in [-0.4, -0.2) is 31.0 Å². The Morgan fingerprint density at radius 2 is 2.08 bits per heavy atom. The first-order valence-corrected chi connectivity index (χ1v) is 4.72. The van der Waals surface area contributed by atoms with Gasteiger partial charge in [-0.2, -0.15) is 0 Å². The van der Waals surface area contributed by atoms with Gasteiger partial charge >= 0.3 is 6.09 Å². The van der Waals surface area contributed by atoms with E-state index in [2.05, 4.69) is 10.1 Å². The van der Waals surface area contributed by atoms with Crippen LogP contribution in [-0.2, 0) is 4.74 Å². The predicted molar refractivity (Wildman–Crippen MR) is 48.4 cm³/mol. The van der Waals surface area contributed by atoms with Gasteiger partial charge in [0, 0.05) is 6.54 Å². The lowest BCUT2D eigenvalue weighted by atomic mass is 9.87. The largest absolute Gasteiger partial charge is 0.453 e. The number of amides is 1. The molecule has 0 spiro atoms. The van der Waals surface area contributed by atoms with Crippen LogP contribution in [0, 0.1) is 5.92 Å². The summed E-state index contributed by atoms with van der Waals surface area (Å²) in [7, 11) is 1.36. The maximum Gasteiger partial charge on any atom is 0.406 e. The highest BCUT2D eigenvalue weighted by molar-refractivity contribution is 5.66. The number of ether oxygens (including phenoxy) is 1. The van der Waals surface area contributed by atoms with Gasteiger partial charge in [0.1, 0.15) is 0 Å². The Hall–Kier alpha value is -0.770. The summed E-state index contributed by atoms with van der Waals surface area (Å²) in [6.45, 7) is 0.666. The van der Waals surface area contributed by atoms with Crippen LogP contribution in [0.1, 0.15) is 25.7 Å². The summed E-state index contributed by atoms with van der Waals surface area (Å²) in [5.41, 5.74) is 0. The lowest BCUT2D eigenvalue weighted by Crippen LogP contribution is -2.31. The van der Waals surface area contributed by atoms with Crippen molar-refractivity contribution in [2.24, 2.45) is 5.92 Å². The van der Waals surface area contributed by atoms with Crippen molar-refractivity contribution in [3.8, 4) is 0 Å². The van der Waals surface area contributed by atoms with Crippen molar-refractivity contribution in [2.45, 2.75) is 31.8 Å². The summed E-state index contributed by atoms with van der Waals surface area (Å²) in [4.78, 5) is 10.7. The second-order valence-corrected chi connectivity index (χ2v) is 3.55. The molecular weight excluding hydrogens is 170 g/mol. The van der Waals surface area contributed by atoms with Crippen molar-refractivity contribution in [1.82, 2.24) is 5.32 Å². The van der Waals surface area contributed by atoms with E-state index in [-0.39, 0.29) is 12.2 Å². The Morgan fingerprint density at radius 3 is 2.62 bits per heavy atom. The van der Waals surface area contributed by atoms with Gasteiger partial charge in [0.15, 0.2) is 0 Å². The molecule has 0 radical (unpaired) electrons. The molecule has 0 aromatic carbocycles. The Balaban J connectivity index is 2.12. The number of methoxy groups -OCH3 is 1. The van der Waals surface area contributed by atoms with E-state index in [1.54, 1.807) is 0 Å². The van der Waals surface area contributed by atoms with E-state index in [0.29, 0.717) is 12.5 Å². The molecule has 0 heterocycles. The number of aliphatic hydroxyl groups excluding tert-OH is 1. The Morgan fingerprint density at radius 1 is 1.46 bits per heavy atom. The van der Waals surface area contributed by atoms with Crippen molar-refractivity contribution in [2.75, 3.05) is 13.7 Å². The summed E-state index contributed by atoms with van der Waals surface area (Å²) in [6, 6.07) is 0. The molecule has 1 saturated carbocycles. The molecule has 0 saturated heterocycles. The van der Waals surface area contributed by atoms with Crippen molar-refractivity contribution in [3.05, 3.63) is 0 Å². The molecule has 0 aromatic heterocycles. The molecule has 0 aromatic rings. The van der Waals surface area contributed by atoms with E-state index in [0.717, 1.165) is 25.7 Å². The molecular formula is C9H17NO3. The third-order valence-electron chi connectivity index (χ3n) is 2.54. The molecule has 1 aliphatic carbocycles. The van der Waals surface area contributed by atoms with Gasteiger partial charge in [-0.3, -0.25) is 0 Å². The van der Waals surface area contributed by atoms with Crippen LogP contribution in [0.15, 0.2) is 0 Å². The summed E-state index contributed by atoms with van der Waals surface area (Å²) >= 11 is 0. The summed E-state index contributed by atoms with van der Waals surface area (Å²) < 4.78 is 4.46. The van der Waals surface area contributed by atoms with E-state index >= 15 is 0 Å². The minimum Gasteiger partial charge on any atom is -0.453 e. The number of hydrogen-bond acceptors (Lipinski definition) is 3.